The van der Waals surface area contributed by atoms with Gasteiger partial charge < -0.3 is 10.0 Å². The lowest BCUT2D eigenvalue weighted by Gasteiger charge is -2.24. The third-order valence-electron chi connectivity index (χ3n) is 3.38. The van der Waals surface area contributed by atoms with Crippen molar-refractivity contribution in [1.29, 1.82) is 0 Å². The summed E-state index contributed by atoms with van der Waals surface area (Å²) in [5.74, 6) is 10.1. The number of phenolic OH excluding ortho intramolecular Hbond substituents is 1. The van der Waals surface area contributed by atoms with Gasteiger partial charge >= 0.3 is 0 Å². The molecule has 0 aliphatic carbocycles. The molecule has 0 bridgehead atoms. The molecule has 6 heteroatoms. The molecule has 0 unspecified atom stereocenters. The molecule has 2 nitrogen and oxygen atoms in total. The Bertz CT molecular complexity index is 387. The van der Waals surface area contributed by atoms with E-state index in [-0.39, 0.29) is 0 Å². The van der Waals surface area contributed by atoms with Crippen molar-refractivity contribution in [2.24, 2.45) is 0 Å². The normalized spacial score (nSPS) is 10.9. The first-order valence-electron chi connectivity index (χ1n) is 8.62. The van der Waals surface area contributed by atoms with Crippen molar-refractivity contribution in [3.8, 4) is 5.75 Å². The van der Waals surface area contributed by atoms with Crippen LogP contribution < -0.4 is 4.90 Å². The maximum Gasteiger partial charge on any atom is 0.115 e. The van der Waals surface area contributed by atoms with E-state index in [4.69, 9.17) is 0 Å². The summed E-state index contributed by atoms with van der Waals surface area (Å²) >= 11 is 8.14. The van der Waals surface area contributed by atoms with E-state index in [0.717, 1.165) is 13.1 Å². The molecule has 0 atom stereocenters. The van der Waals surface area contributed by atoms with Gasteiger partial charge in [-0.2, -0.15) is 47.0 Å². The van der Waals surface area contributed by atoms with E-state index in [0.29, 0.717) is 5.75 Å². The van der Waals surface area contributed by atoms with Crippen LogP contribution in [-0.2, 0) is 0 Å². The van der Waals surface area contributed by atoms with Gasteiger partial charge in [0, 0.05) is 53.3 Å². The standard InChI is InChI=1S/C18H31NOS4/c1-3-21-13-15-23-11-9-19(10-12-24-16-14-22-4-2)17-5-7-18(20)8-6-17/h5-8,20H,3-4,9-16H2,1-2H3. The van der Waals surface area contributed by atoms with Crippen molar-refractivity contribution in [3.63, 3.8) is 0 Å². The van der Waals surface area contributed by atoms with E-state index in [9.17, 15) is 5.11 Å². The summed E-state index contributed by atoms with van der Waals surface area (Å²) in [4.78, 5) is 2.46. The lowest BCUT2D eigenvalue weighted by Crippen LogP contribution is -2.28. The fraction of sp³-hybridized carbons (Fsp3) is 0.667. The molecule has 24 heavy (non-hydrogen) atoms. The van der Waals surface area contributed by atoms with E-state index in [1.165, 1.54) is 51.7 Å². The average molecular weight is 406 g/mol. The minimum atomic E-state index is 0.343. The van der Waals surface area contributed by atoms with Gasteiger partial charge in [0.25, 0.3) is 0 Å². The zero-order chi connectivity index (χ0) is 17.5. The maximum atomic E-state index is 9.50. The molecule has 1 aromatic rings. The van der Waals surface area contributed by atoms with Crippen molar-refractivity contribution in [3.05, 3.63) is 24.3 Å². The summed E-state index contributed by atoms with van der Waals surface area (Å²) in [5.41, 5.74) is 1.22. The highest BCUT2D eigenvalue weighted by molar-refractivity contribution is 8.03. The number of phenols is 1. The molecular formula is C18H31NOS4. The highest BCUT2D eigenvalue weighted by Gasteiger charge is 2.07. The maximum absolute atomic E-state index is 9.50. The van der Waals surface area contributed by atoms with Crippen LogP contribution in [0.3, 0.4) is 0 Å². The summed E-state index contributed by atoms with van der Waals surface area (Å²) < 4.78 is 0. The number of rotatable bonds is 15. The third kappa shape index (κ3) is 11.0. The Morgan fingerprint density at radius 3 is 1.62 bits per heavy atom. The molecule has 0 heterocycles. The fourth-order valence-electron chi connectivity index (χ4n) is 2.11. The molecular weight excluding hydrogens is 374 g/mol. The molecule has 0 saturated carbocycles. The van der Waals surface area contributed by atoms with Crippen LogP contribution in [0.1, 0.15) is 13.8 Å². The van der Waals surface area contributed by atoms with Gasteiger partial charge in [0.2, 0.25) is 0 Å². The first-order valence-corrected chi connectivity index (χ1v) is 13.2. The smallest absolute Gasteiger partial charge is 0.115 e. The van der Waals surface area contributed by atoms with Gasteiger partial charge in [0.05, 0.1) is 0 Å². The van der Waals surface area contributed by atoms with Gasteiger partial charge in [-0.1, -0.05) is 13.8 Å². The highest BCUT2D eigenvalue weighted by Crippen LogP contribution is 2.20. The Morgan fingerprint density at radius 1 is 0.708 bits per heavy atom. The van der Waals surface area contributed by atoms with Crippen molar-refractivity contribution >= 4 is 52.7 Å². The van der Waals surface area contributed by atoms with Gasteiger partial charge in [-0.25, -0.2) is 0 Å². The molecule has 0 spiro atoms. The quantitative estimate of drug-likeness (QED) is 0.404. The fourth-order valence-corrected chi connectivity index (χ4v) is 5.68. The Labute approximate surface area is 165 Å². The van der Waals surface area contributed by atoms with Crippen LogP contribution in [0.4, 0.5) is 5.69 Å². The van der Waals surface area contributed by atoms with Gasteiger partial charge in [0.1, 0.15) is 5.75 Å². The second kappa shape index (κ2) is 15.5. The molecule has 0 saturated heterocycles. The summed E-state index contributed by atoms with van der Waals surface area (Å²) in [6.45, 7) is 6.60. The van der Waals surface area contributed by atoms with Crippen LogP contribution in [0.15, 0.2) is 24.3 Å². The first-order chi connectivity index (χ1) is 11.8. The van der Waals surface area contributed by atoms with Crippen LogP contribution >= 0.6 is 47.0 Å². The van der Waals surface area contributed by atoms with E-state index in [2.05, 4.69) is 18.7 Å². The summed E-state index contributed by atoms with van der Waals surface area (Å²) in [6.07, 6.45) is 0. The number of benzene rings is 1. The zero-order valence-corrected chi connectivity index (χ0v) is 18.2. The van der Waals surface area contributed by atoms with Crippen LogP contribution in [-0.4, -0.2) is 64.2 Å². The van der Waals surface area contributed by atoms with Crippen molar-refractivity contribution in [2.75, 3.05) is 64.0 Å². The third-order valence-corrected chi connectivity index (χ3v) is 7.63. The number of hydrogen-bond acceptors (Lipinski definition) is 6. The van der Waals surface area contributed by atoms with E-state index in [1.54, 1.807) is 12.1 Å². The van der Waals surface area contributed by atoms with E-state index < -0.39 is 0 Å². The minimum absolute atomic E-state index is 0.343. The Morgan fingerprint density at radius 2 is 1.17 bits per heavy atom. The summed E-state index contributed by atoms with van der Waals surface area (Å²) in [6, 6.07) is 7.64. The van der Waals surface area contributed by atoms with Crippen molar-refractivity contribution < 1.29 is 5.11 Å². The average Bonchev–Trinajstić information content (AvgIpc) is 2.60. The molecule has 0 aliphatic heterocycles. The highest BCUT2D eigenvalue weighted by atomic mass is 32.2. The Balaban J connectivity index is 2.34. The van der Waals surface area contributed by atoms with Crippen LogP contribution in [0.5, 0.6) is 5.75 Å². The molecule has 0 amide bonds. The number of hydrogen-bond donors (Lipinski definition) is 1. The van der Waals surface area contributed by atoms with Crippen LogP contribution in [0.2, 0.25) is 0 Å². The summed E-state index contributed by atoms with van der Waals surface area (Å²) in [5, 5.41) is 9.50. The predicted octanol–water partition coefficient (Wildman–Crippen LogP) is 5.17. The molecule has 0 aromatic heterocycles. The van der Waals surface area contributed by atoms with Crippen LogP contribution in [0, 0.1) is 0 Å². The monoisotopic (exact) mass is 405 g/mol. The van der Waals surface area contributed by atoms with Crippen molar-refractivity contribution in [2.45, 2.75) is 13.8 Å². The molecule has 1 N–H and O–H groups in total. The Kier molecular flexibility index (Phi) is 14.4. The second-order valence-electron chi connectivity index (χ2n) is 5.12. The van der Waals surface area contributed by atoms with Gasteiger partial charge in [-0.15, -0.1) is 0 Å². The first kappa shape index (κ1) is 22.3. The van der Waals surface area contributed by atoms with Crippen molar-refractivity contribution in [1.82, 2.24) is 0 Å². The molecule has 0 aliphatic rings. The zero-order valence-electron chi connectivity index (χ0n) is 14.9. The van der Waals surface area contributed by atoms with E-state index in [1.807, 2.05) is 59.2 Å². The molecule has 1 aromatic carbocycles. The number of thioether (sulfide) groups is 4. The lowest BCUT2D eigenvalue weighted by molar-refractivity contribution is 0.475. The van der Waals surface area contributed by atoms with Gasteiger partial charge in [-0.3, -0.25) is 0 Å². The number of aromatic hydroxyl groups is 1. The second-order valence-corrected chi connectivity index (χ2v) is 10.4. The molecule has 138 valence electrons. The predicted molar refractivity (Wildman–Crippen MR) is 121 cm³/mol. The summed E-state index contributed by atoms with van der Waals surface area (Å²) in [7, 11) is 0. The van der Waals surface area contributed by atoms with Gasteiger partial charge in [0.15, 0.2) is 0 Å². The lowest BCUT2D eigenvalue weighted by atomic mass is 10.2. The minimum Gasteiger partial charge on any atom is -0.508 e. The topological polar surface area (TPSA) is 23.5 Å². The largest absolute Gasteiger partial charge is 0.508 e. The molecule has 0 radical (unpaired) electrons. The number of nitrogens with zero attached hydrogens (tertiary/aromatic N) is 1. The number of anilines is 1. The Hall–Kier alpha value is 0.220. The van der Waals surface area contributed by atoms with E-state index >= 15 is 0 Å². The molecule has 0 fully saturated rings. The molecule has 1 rings (SSSR count). The SMILES string of the molecule is CCSCCSCCN(CCSCCSCC)c1ccc(O)cc1. The van der Waals surface area contributed by atoms with Crippen LogP contribution in [0.25, 0.3) is 0 Å². The van der Waals surface area contributed by atoms with Gasteiger partial charge in [-0.05, 0) is 35.8 Å².